The van der Waals surface area contributed by atoms with E-state index in [0.717, 1.165) is 11.1 Å². The van der Waals surface area contributed by atoms with Crippen LogP contribution >= 0.6 is 0 Å². The molecule has 2 atom stereocenters. The van der Waals surface area contributed by atoms with E-state index in [1.165, 1.54) is 0 Å². The van der Waals surface area contributed by atoms with Crippen molar-refractivity contribution in [2.45, 2.75) is 83.7 Å². The molecule has 0 aromatic heterocycles. The summed E-state index contributed by atoms with van der Waals surface area (Å²) in [4.78, 5) is 26.9. The van der Waals surface area contributed by atoms with Gasteiger partial charge in [0.25, 0.3) is 5.91 Å². The number of carbonyl (C=O) groups excluding carboxylic acids is 2. The zero-order valence-electron chi connectivity index (χ0n) is 22.7. The molecule has 0 spiro atoms. The molecule has 7 heteroatoms. The molecule has 0 fully saturated rings. The van der Waals surface area contributed by atoms with E-state index in [1.807, 2.05) is 38.1 Å². The summed E-state index contributed by atoms with van der Waals surface area (Å²) in [6.07, 6.45) is 4.46. The van der Waals surface area contributed by atoms with Crippen LogP contribution < -0.4 is 10.6 Å². The van der Waals surface area contributed by atoms with Crippen LogP contribution in [0.15, 0.2) is 43.5 Å². The van der Waals surface area contributed by atoms with E-state index in [0.29, 0.717) is 25.8 Å². The number of nitrogens with one attached hydrogen (secondary N) is 2. The Morgan fingerprint density at radius 1 is 1.14 bits per heavy atom. The molecule has 196 valence electrons. The summed E-state index contributed by atoms with van der Waals surface area (Å²) in [5.74, 6) is -0.706. The number of amides is 2. The number of hydrogen-bond acceptors (Lipinski definition) is 4. The normalized spacial score (nSPS) is 14.7. The minimum atomic E-state index is -2.42. The van der Waals surface area contributed by atoms with E-state index in [1.54, 1.807) is 12.2 Å². The number of aliphatic hydroxyl groups is 1. The summed E-state index contributed by atoms with van der Waals surface area (Å²) in [5.41, 5.74) is 0.704. The zero-order chi connectivity index (χ0) is 26.9. The predicted octanol–water partition coefficient (Wildman–Crippen LogP) is 4.85. The van der Waals surface area contributed by atoms with E-state index < -0.39 is 20.0 Å². The van der Waals surface area contributed by atoms with E-state index in [2.05, 4.69) is 57.7 Å². The van der Waals surface area contributed by atoms with Crippen LogP contribution in [0.4, 0.5) is 0 Å². The van der Waals surface area contributed by atoms with Gasteiger partial charge in [0.1, 0.15) is 11.6 Å². The van der Waals surface area contributed by atoms with Crippen LogP contribution in [0, 0.1) is 5.92 Å². The molecule has 35 heavy (non-hydrogen) atoms. The quantitative estimate of drug-likeness (QED) is 0.251. The Morgan fingerprint density at radius 2 is 1.74 bits per heavy atom. The van der Waals surface area contributed by atoms with Crippen LogP contribution in [0.5, 0.6) is 0 Å². The van der Waals surface area contributed by atoms with Crippen molar-refractivity contribution >= 4 is 26.2 Å². The lowest BCUT2D eigenvalue weighted by Gasteiger charge is -2.45. The molecule has 6 nitrogen and oxygen atoms in total. The summed E-state index contributed by atoms with van der Waals surface area (Å²) < 4.78 is 6.90. The van der Waals surface area contributed by atoms with Crippen molar-refractivity contribution in [3.63, 3.8) is 0 Å². The Hall–Kier alpha value is -2.22. The lowest BCUT2D eigenvalue weighted by Crippen LogP contribution is -2.61. The van der Waals surface area contributed by atoms with Crippen LogP contribution in [0.1, 0.15) is 58.6 Å². The molecule has 0 radical (unpaired) electrons. The summed E-state index contributed by atoms with van der Waals surface area (Å²) in [6, 6.07) is 7.15. The molecule has 0 unspecified atom stereocenters. The highest BCUT2D eigenvalue weighted by Crippen LogP contribution is 2.41. The van der Waals surface area contributed by atoms with Gasteiger partial charge in [0.2, 0.25) is 5.91 Å². The van der Waals surface area contributed by atoms with Crippen molar-refractivity contribution in [3.8, 4) is 0 Å². The van der Waals surface area contributed by atoms with Crippen LogP contribution in [-0.4, -0.2) is 50.0 Å². The van der Waals surface area contributed by atoms with Gasteiger partial charge >= 0.3 is 0 Å². The predicted molar refractivity (Wildman–Crippen MR) is 148 cm³/mol. The summed E-state index contributed by atoms with van der Waals surface area (Å²) >= 11 is 0. The molecule has 0 aliphatic heterocycles. The van der Waals surface area contributed by atoms with Crippen molar-refractivity contribution in [2.24, 2.45) is 5.92 Å². The van der Waals surface area contributed by atoms with Crippen LogP contribution in [0.25, 0.3) is 6.08 Å². The highest BCUT2D eigenvalue weighted by molar-refractivity contribution is 6.74. The lowest BCUT2D eigenvalue weighted by atomic mass is 9.88. The van der Waals surface area contributed by atoms with Gasteiger partial charge in [0, 0.05) is 19.6 Å². The van der Waals surface area contributed by atoms with Crippen molar-refractivity contribution in [3.05, 3.63) is 54.6 Å². The maximum atomic E-state index is 14.1. The minimum Gasteiger partial charge on any atom is -0.402 e. The fraction of sp³-hybridized carbons (Fsp3) is 0.571. The highest BCUT2D eigenvalue weighted by atomic mass is 28.4. The van der Waals surface area contributed by atoms with Crippen molar-refractivity contribution in [1.82, 2.24) is 10.6 Å². The van der Waals surface area contributed by atoms with Crippen LogP contribution in [-0.2, 0) is 20.4 Å². The standard InChI is InChI=1S/C28H46N2O4Si/c1-10-18-29-25(32)24(21(3)4)30-26(33)28(17-12-19-31,34-35(8,9)27(5,6)7)20-23-15-13-22(11-2)14-16-23/h10-11,13-16,21,24,31H,1-2,12,17-20H2,3-9H3,(H,29,32)(H,30,33)/t24-,28-/m0/s1. The Kier molecular flexibility index (Phi) is 11.6. The van der Waals surface area contributed by atoms with Crippen molar-refractivity contribution < 1.29 is 19.1 Å². The van der Waals surface area contributed by atoms with E-state index in [-0.39, 0.29) is 29.4 Å². The molecule has 0 aliphatic rings. The van der Waals surface area contributed by atoms with Crippen molar-refractivity contribution in [2.75, 3.05) is 13.2 Å². The smallest absolute Gasteiger partial charge is 0.252 e. The van der Waals surface area contributed by atoms with Gasteiger partial charge in [-0.15, -0.1) is 6.58 Å². The SMILES string of the molecule is C=CCNC(=O)[C@@H](NC(=O)[C@](CCCO)(Cc1ccc(C=C)cc1)O[Si](C)(C)C(C)(C)C)C(C)C. The van der Waals surface area contributed by atoms with Gasteiger partial charge in [-0.2, -0.15) is 0 Å². The maximum Gasteiger partial charge on any atom is 0.252 e. The molecule has 0 saturated carbocycles. The lowest BCUT2D eigenvalue weighted by molar-refractivity contribution is -0.142. The van der Waals surface area contributed by atoms with Crippen LogP contribution in [0.2, 0.25) is 18.1 Å². The van der Waals surface area contributed by atoms with E-state index in [9.17, 15) is 14.7 Å². The fourth-order valence-corrected chi connectivity index (χ4v) is 5.16. The Morgan fingerprint density at radius 3 is 2.20 bits per heavy atom. The average Bonchev–Trinajstić information content (AvgIpc) is 2.78. The molecule has 0 saturated heterocycles. The zero-order valence-corrected chi connectivity index (χ0v) is 23.7. The number of carbonyl (C=O) groups is 2. The van der Waals surface area contributed by atoms with E-state index >= 15 is 0 Å². The first kappa shape index (κ1) is 30.8. The first-order chi connectivity index (χ1) is 16.2. The second-order valence-electron chi connectivity index (χ2n) is 11.0. The van der Waals surface area contributed by atoms with Gasteiger partial charge in [-0.3, -0.25) is 9.59 Å². The molecule has 0 bridgehead atoms. The van der Waals surface area contributed by atoms with Gasteiger partial charge in [-0.1, -0.05) is 77.6 Å². The van der Waals surface area contributed by atoms with Gasteiger partial charge in [-0.05, 0) is 48.0 Å². The maximum absolute atomic E-state index is 14.1. The topological polar surface area (TPSA) is 87.7 Å². The summed E-state index contributed by atoms with van der Waals surface area (Å²) in [6.45, 7) is 22.1. The average molecular weight is 503 g/mol. The van der Waals surface area contributed by atoms with Gasteiger partial charge in [0.15, 0.2) is 8.32 Å². The molecule has 0 aliphatic carbocycles. The molecule has 3 N–H and O–H groups in total. The Balaban J connectivity index is 3.53. The van der Waals surface area contributed by atoms with Gasteiger partial charge in [0.05, 0.1) is 0 Å². The molecular formula is C28H46N2O4Si. The molecule has 1 aromatic rings. The first-order valence-electron chi connectivity index (χ1n) is 12.4. The van der Waals surface area contributed by atoms with Crippen LogP contribution in [0.3, 0.4) is 0 Å². The highest BCUT2D eigenvalue weighted by Gasteiger charge is 2.49. The first-order valence-corrected chi connectivity index (χ1v) is 15.4. The van der Waals surface area contributed by atoms with E-state index in [4.69, 9.17) is 4.43 Å². The van der Waals surface area contributed by atoms with Crippen molar-refractivity contribution in [1.29, 1.82) is 0 Å². The third-order valence-corrected chi connectivity index (χ3v) is 11.3. The monoisotopic (exact) mass is 502 g/mol. The summed E-state index contributed by atoms with van der Waals surface area (Å²) in [7, 11) is -2.42. The molecule has 0 heterocycles. The summed E-state index contributed by atoms with van der Waals surface area (Å²) in [5, 5.41) is 15.4. The number of benzene rings is 1. The Bertz CT molecular complexity index is 859. The van der Waals surface area contributed by atoms with Gasteiger partial charge < -0.3 is 20.2 Å². The third-order valence-electron chi connectivity index (χ3n) is 6.77. The molecule has 1 aromatic carbocycles. The molecular weight excluding hydrogens is 456 g/mol. The molecule has 2 amide bonds. The third kappa shape index (κ3) is 8.74. The van der Waals surface area contributed by atoms with Gasteiger partial charge in [-0.25, -0.2) is 0 Å². The Labute approximate surface area is 213 Å². The second-order valence-corrected chi connectivity index (χ2v) is 15.8. The number of hydrogen-bond donors (Lipinski definition) is 3. The fourth-order valence-electron chi connectivity index (χ4n) is 3.61. The second kappa shape index (κ2) is 13.2. The number of aliphatic hydroxyl groups excluding tert-OH is 1. The largest absolute Gasteiger partial charge is 0.402 e. The molecule has 1 rings (SSSR count). The number of rotatable bonds is 14. The minimum absolute atomic E-state index is 0.0568.